The summed E-state index contributed by atoms with van der Waals surface area (Å²) in [7, 11) is 1.49. The van der Waals surface area contributed by atoms with Crippen molar-refractivity contribution < 1.29 is 19.4 Å². The van der Waals surface area contributed by atoms with Crippen LogP contribution in [0.15, 0.2) is 35.7 Å². The van der Waals surface area contributed by atoms with E-state index < -0.39 is 11.6 Å². The van der Waals surface area contributed by atoms with Gasteiger partial charge in [-0.2, -0.15) is 0 Å². The summed E-state index contributed by atoms with van der Waals surface area (Å²) in [6, 6.07) is 9.25. The number of methoxy groups -OCH3 is 1. The number of aromatic carboxylic acids is 1. The highest BCUT2D eigenvalue weighted by molar-refractivity contribution is 7.09. The van der Waals surface area contributed by atoms with Crippen molar-refractivity contribution in [2.45, 2.75) is 18.9 Å². The lowest BCUT2D eigenvalue weighted by Gasteiger charge is -2.27. The Morgan fingerprint density at radius 3 is 2.61 bits per heavy atom. The van der Waals surface area contributed by atoms with Crippen LogP contribution in [0.5, 0.6) is 0 Å². The van der Waals surface area contributed by atoms with Gasteiger partial charge in [0, 0.05) is 25.5 Å². The number of hydrogen-bond acceptors (Lipinski definition) is 5. The summed E-state index contributed by atoms with van der Waals surface area (Å²) in [4.78, 5) is 27.2. The molecule has 23 heavy (non-hydrogen) atoms. The van der Waals surface area contributed by atoms with Gasteiger partial charge in [-0.15, -0.1) is 11.3 Å². The summed E-state index contributed by atoms with van der Waals surface area (Å²) in [5.74, 6) is -1.30. The van der Waals surface area contributed by atoms with E-state index in [1.54, 1.807) is 6.92 Å². The second-order valence-corrected chi connectivity index (χ2v) is 5.98. The first-order valence-corrected chi connectivity index (χ1v) is 7.92. The summed E-state index contributed by atoms with van der Waals surface area (Å²) < 4.78 is 5.42. The van der Waals surface area contributed by atoms with Gasteiger partial charge >= 0.3 is 5.97 Å². The minimum atomic E-state index is -1.07. The van der Waals surface area contributed by atoms with E-state index in [2.05, 4.69) is 10.3 Å². The van der Waals surface area contributed by atoms with E-state index in [1.165, 1.54) is 23.8 Å². The van der Waals surface area contributed by atoms with Gasteiger partial charge < -0.3 is 15.2 Å². The molecular formula is C16H18N2O4S. The third-order valence-electron chi connectivity index (χ3n) is 3.56. The maximum absolute atomic E-state index is 12.5. The van der Waals surface area contributed by atoms with Gasteiger partial charge in [0.25, 0.3) is 5.91 Å². The summed E-state index contributed by atoms with van der Waals surface area (Å²) in [6.07, 6.45) is 0.471. The highest BCUT2D eigenvalue weighted by Crippen LogP contribution is 2.24. The predicted octanol–water partition coefficient (Wildman–Crippen LogP) is 2.06. The number of carbonyl (C=O) groups excluding carboxylic acids is 1. The van der Waals surface area contributed by atoms with E-state index in [-0.39, 0.29) is 11.6 Å². The molecule has 2 aromatic rings. The van der Waals surface area contributed by atoms with Gasteiger partial charge in [-0.25, -0.2) is 9.78 Å². The van der Waals surface area contributed by atoms with Gasteiger partial charge in [0.05, 0.1) is 5.01 Å². The number of carboxylic acid groups (broad SMARTS) is 1. The van der Waals surface area contributed by atoms with Crippen molar-refractivity contribution in [3.63, 3.8) is 0 Å². The largest absolute Gasteiger partial charge is 0.476 e. The molecule has 0 aliphatic carbocycles. The Labute approximate surface area is 138 Å². The molecule has 7 heteroatoms. The van der Waals surface area contributed by atoms with Crippen LogP contribution in [-0.4, -0.2) is 35.6 Å². The first kappa shape index (κ1) is 17.1. The van der Waals surface area contributed by atoms with Crippen LogP contribution in [-0.2, 0) is 21.6 Å². The molecule has 1 amide bonds. The molecule has 2 N–H and O–H groups in total. The first-order chi connectivity index (χ1) is 11.0. The van der Waals surface area contributed by atoms with Crippen molar-refractivity contribution in [3.8, 4) is 0 Å². The zero-order chi connectivity index (χ0) is 16.9. The number of nitrogens with one attached hydrogen (secondary N) is 1. The molecule has 1 unspecified atom stereocenters. The summed E-state index contributed by atoms with van der Waals surface area (Å²) in [6.45, 7) is 2.07. The highest BCUT2D eigenvalue weighted by atomic mass is 32.1. The normalized spacial score (nSPS) is 13.3. The van der Waals surface area contributed by atoms with Crippen molar-refractivity contribution in [2.24, 2.45) is 0 Å². The van der Waals surface area contributed by atoms with Crippen LogP contribution in [0.3, 0.4) is 0 Å². The maximum atomic E-state index is 12.5. The molecule has 0 radical (unpaired) electrons. The molecule has 1 aromatic carbocycles. The zero-order valence-corrected chi connectivity index (χ0v) is 13.7. The number of hydrogen-bond donors (Lipinski definition) is 2. The molecule has 6 nitrogen and oxygen atoms in total. The molecule has 0 fully saturated rings. The quantitative estimate of drug-likeness (QED) is 0.809. The van der Waals surface area contributed by atoms with Crippen LogP contribution in [0.25, 0.3) is 0 Å². The minimum Gasteiger partial charge on any atom is -0.476 e. The molecule has 0 saturated carbocycles. The number of nitrogens with zero attached hydrogens (tertiary/aromatic N) is 1. The van der Waals surface area contributed by atoms with Crippen LogP contribution >= 0.6 is 11.3 Å². The van der Waals surface area contributed by atoms with E-state index in [9.17, 15) is 9.59 Å². The fourth-order valence-corrected chi connectivity index (χ4v) is 2.85. The molecule has 0 saturated heterocycles. The average Bonchev–Trinajstić information content (AvgIpc) is 3.04. The van der Waals surface area contributed by atoms with Gasteiger partial charge in [0.1, 0.15) is 0 Å². The SMILES string of the molecule is COC(C)(C(=O)NCCc1nc(C(=O)O)cs1)c1ccccc1. The van der Waals surface area contributed by atoms with E-state index in [4.69, 9.17) is 9.84 Å². The van der Waals surface area contributed by atoms with Crippen molar-refractivity contribution in [1.29, 1.82) is 0 Å². The van der Waals surface area contributed by atoms with Crippen molar-refractivity contribution in [1.82, 2.24) is 10.3 Å². The monoisotopic (exact) mass is 334 g/mol. The van der Waals surface area contributed by atoms with E-state index in [0.29, 0.717) is 18.0 Å². The number of rotatable bonds is 7. The number of thiazole rings is 1. The van der Waals surface area contributed by atoms with Crippen LogP contribution in [0, 0.1) is 0 Å². The number of carboxylic acids is 1. The topological polar surface area (TPSA) is 88.5 Å². The molecule has 0 bridgehead atoms. The third kappa shape index (κ3) is 3.94. The van der Waals surface area contributed by atoms with Gasteiger partial charge in [0.2, 0.25) is 0 Å². The Balaban J connectivity index is 1.96. The lowest BCUT2D eigenvalue weighted by molar-refractivity contribution is -0.142. The summed E-state index contributed by atoms with van der Waals surface area (Å²) in [5, 5.41) is 13.8. The molecule has 1 aromatic heterocycles. The number of carbonyl (C=O) groups is 2. The molecule has 1 heterocycles. The Hall–Kier alpha value is -2.25. The highest BCUT2D eigenvalue weighted by Gasteiger charge is 2.34. The Kier molecular flexibility index (Phi) is 5.46. The third-order valence-corrected chi connectivity index (χ3v) is 4.47. The first-order valence-electron chi connectivity index (χ1n) is 7.04. The summed E-state index contributed by atoms with van der Waals surface area (Å²) >= 11 is 1.26. The molecule has 1 atom stereocenters. The number of benzene rings is 1. The van der Waals surface area contributed by atoms with Crippen LogP contribution in [0.4, 0.5) is 0 Å². The van der Waals surface area contributed by atoms with E-state index in [1.807, 2.05) is 30.3 Å². The van der Waals surface area contributed by atoms with Crippen molar-refractivity contribution in [2.75, 3.05) is 13.7 Å². The standard InChI is InChI=1S/C16H18N2O4S/c1-16(22-2,11-6-4-3-5-7-11)15(21)17-9-8-13-18-12(10-23-13)14(19)20/h3-7,10H,8-9H2,1-2H3,(H,17,21)(H,19,20). The zero-order valence-electron chi connectivity index (χ0n) is 12.9. The van der Waals surface area contributed by atoms with E-state index >= 15 is 0 Å². The van der Waals surface area contributed by atoms with Crippen LogP contribution < -0.4 is 5.32 Å². The molecule has 0 spiro atoms. The Morgan fingerprint density at radius 2 is 2.04 bits per heavy atom. The predicted molar refractivity (Wildman–Crippen MR) is 86.6 cm³/mol. The molecular weight excluding hydrogens is 316 g/mol. The number of aromatic nitrogens is 1. The van der Waals surface area contributed by atoms with Gasteiger partial charge in [0.15, 0.2) is 11.3 Å². The summed E-state index contributed by atoms with van der Waals surface area (Å²) in [5.41, 5.74) is -0.277. The number of amides is 1. The minimum absolute atomic E-state index is 0.0299. The van der Waals surface area contributed by atoms with Crippen LogP contribution in [0.1, 0.15) is 28.0 Å². The van der Waals surface area contributed by atoms with E-state index in [0.717, 1.165) is 5.56 Å². The Morgan fingerprint density at radius 1 is 1.35 bits per heavy atom. The van der Waals surface area contributed by atoms with Gasteiger partial charge in [-0.1, -0.05) is 30.3 Å². The fraction of sp³-hybridized carbons (Fsp3) is 0.312. The smallest absolute Gasteiger partial charge is 0.355 e. The lowest BCUT2D eigenvalue weighted by atomic mass is 9.95. The molecule has 0 aliphatic heterocycles. The second kappa shape index (κ2) is 7.34. The van der Waals surface area contributed by atoms with Crippen LogP contribution in [0.2, 0.25) is 0 Å². The Bertz CT molecular complexity index is 686. The average molecular weight is 334 g/mol. The van der Waals surface area contributed by atoms with Gasteiger partial charge in [-0.3, -0.25) is 4.79 Å². The molecule has 0 aliphatic rings. The number of ether oxygens (including phenoxy) is 1. The molecule has 122 valence electrons. The van der Waals surface area contributed by atoms with Gasteiger partial charge in [-0.05, 0) is 12.5 Å². The molecule has 2 rings (SSSR count). The lowest BCUT2D eigenvalue weighted by Crippen LogP contribution is -2.44. The second-order valence-electron chi connectivity index (χ2n) is 5.04. The van der Waals surface area contributed by atoms with Crippen molar-refractivity contribution >= 4 is 23.2 Å². The fourth-order valence-electron chi connectivity index (χ4n) is 2.07. The van der Waals surface area contributed by atoms with Crippen molar-refractivity contribution in [3.05, 3.63) is 52.0 Å². The maximum Gasteiger partial charge on any atom is 0.355 e.